The number of nitrogens with two attached hydrogens (primary N) is 1. The molecule has 1 fully saturated rings. The first-order valence-corrected chi connectivity index (χ1v) is 9.69. The van der Waals surface area contributed by atoms with E-state index < -0.39 is 10.0 Å². The molecule has 0 unspecified atom stereocenters. The Morgan fingerprint density at radius 3 is 2.21 bits per heavy atom. The zero-order chi connectivity index (χ0) is 16.7. The predicted molar refractivity (Wildman–Crippen MR) is 109 cm³/mol. The molecule has 1 saturated heterocycles. The van der Waals surface area contributed by atoms with Crippen molar-refractivity contribution in [2.45, 2.75) is 38.0 Å². The number of rotatable bonds is 5. The number of hydrogen-bond donors (Lipinski definition) is 2. The van der Waals surface area contributed by atoms with Crippen LogP contribution in [-0.4, -0.2) is 39.4 Å². The van der Waals surface area contributed by atoms with E-state index in [0.717, 1.165) is 24.2 Å². The van der Waals surface area contributed by atoms with E-state index in [0.29, 0.717) is 12.5 Å². The van der Waals surface area contributed by atoms with Crippen LogP contribution in [0.25, 0.3) is 0 Å². The lowest BCUT2D eigenvalue weighted by molar-refractivity contribution is 0.428. The van der Waals surface area contributed by atoms with Crippen LogP contribution in [0.3, 0.4) is 0 Å². The first-order chi connectivity index (χ1) is 11.0. The molecule has 1 aromatic rings. The summed E-state index contributed by atoms with van der Waals surface area (Å²) in [5.74, 6) is 0.594. The minimum atomic E-state index is -3.23. The van der Waals surface area contributed by atoms with Crippen molar-refractivity contribution in [2.75, 3.05) is 20.1 Å². The molecule has 1 aliphatic rings. The van der Waals surface area contributed by atoms with Gasteiger partial charge >= 0.3 is 0 Å². The van der Waals surface area contributed by atoms with Gasteiger partial charge in [0.25, 0.3) is 0 Å². The second-order valence-corrected chi connectivity index (χ2v) is 7.78. The van der Waals surface area contributed by atoms with E-state index in [1.807, 2.05) is 24.3 Å². The van der Waals surface area contributed by atoms with Crippen molar-refractivity contribution in [3.63, 3.8) is 0 Å². The number of nitrogens with one attached hydrogen (secondary N) is 1. The zero-order valence-electron chi connectivity index (χ0n) is 14.1. The van der Waals surface area contributed by atoms with E-state index in [-0.39, 0.29) is 29.7 Å². The average molecular weight is 466 g/mol. The van der Waals surface area contributed by atoms with Gasteiger partial charge in [0.2, 0.25) is 10.0 Å². The van der Waals surface area contributed by atoms with Gasteiger partial charge < -0.3 is 10.6 Å². The van der Waals surface area contributed by atoms with E-state index in [9.17, 15) is 8.42 Å². The first-order valence-electron chi connectivity index (χ1n) is 8.04. The fourth-order valence-electron chi connectivity index (χ4n) is 2.60. The molecule has 1 aliphatic heterocycles. The number of nitrogens with zero attached hydrogens (tertiary/aromatic N) is 2. The van der Waals surface area contributed by atoms with Crippen molar-refractivity contribution in [1.29, 1.82) is 0 Å². The van der Waals surface area contributed by atoms with Crippen molar-refractivity contribution in [1.82, 2.24) is 9.62 Å². The number of aliphatic imine (C=N–C) groups is 1. The Bertz CT molecular complexity index is 624. The van der Waals surface area contributed by atoms with E-state index >= 15 is 0 Å². The molecule has 0 saturated carbocycles. The van der Waals surface area contributed by atoms with Crippen LogP contribution >= 0.6 is 24.0 Å². The lowest BCUT2D eigenvalue weighted by Crippen LogP contribution is -2.38. The Morgan fingerprint density at radius 1 is 1.12 bits per heavy atom. The standard InChI is InChI=1S/C16H26N4O2S.HI/c1-18-23(21,22)13-15-8-6-14(7-9-15)12-19-16(17)20-10-4-2-3-5-11-20;/h6-9,18H,2-5,10-13H2,1H3,(H2,17,19);1H. The topological polar surface area (TPSA) is 87.8 Å². The second kappa shape index (κ2) is 10.2. The molecule has 1 aromatic carbocycles. The fraction of sp³-hybridized carbons (Fsp3) is 0.562. The molecule has 1 heterocycles. The van der Waals surface area contributed by atoms with Crippen molar-refractivity contribution >= 4 is 40.0 Å². The number of halogens is 1. The summed E-state index contributed by atoms with van der Waals surface area (Å²) in [6.45, 7) is 2.48. The zero-order valence-corrected chi connectivity index (χ0v) is 17.2. The Balaban J connectivity index is 0.00000288. The van der Waals surface area contributed by atoms with Crippen LogP contribution in [0.2, 0.25) is 0 Å². The highest BCUT2D eigenvalue weighted by molar-refractivity contribution is 14.0. The lowest BCUT2D eigenvalue weighted by Gasteiger charge is -2.21. The second-order valence-electron chi connectivity index (χ2n) is 5.86. The molecule has 0 spiro atoms. The molecular formula is C16H27IN4O2S. The third-order valence-electron chi connectivity index (χ3n) is 4.04. The summed E-state index contributed by atoms with van der Waals surface area (Å²) < 4.78 is 25.3. The fourth-order valence-corrected chi connectivity index (χ4v) is 3.38. The van der Waals surface area contributed by atoms with E-state index in [1.165, 1.54) is 32.7 Å². The summed E-state index contributed by atoms with van der Waals surface area (Å²) >= 11 is 0. The van der Waals surface area contributed by atoms with Crippen molar-refractivity contribution in [3.8, 4) is 0 Å². The molecule has 0 bridgehead atoms. The maximum Gasteiger partial charge on any atom is 0.215 e. The van der Waals surface area contributed by atoms with E-state index in [2.05, 4.69) is 14.6 Å². The van der Waals surface area contributed by atoms with Crippen molar-refractivity contribution in [3.05, 3.63) is 35.4 Å². The third kappa shape index (κ3) is 6.94. The normalized spacial score (nSPS) is 16.4. The van der Waals surface area contributed by atoms with Crippen LogP contribution in [0.4, 0.5) is 0 Å². The average Bonchev–Trinajstić information content (AvgIpc) is 2.83. The quantitative estimate of drug-likeness (QED) is 0.395. The summed E-state index contributed by atoms with van der Waals surface area (Å²) in [5, 5.41) is 0. The highest BCUT2D eigenvalue weighted by atomic mass is 127. The van der Waals surface area contributed by atoms with Gasteiger partial charge in [-0.2, -0.15) is 0 Å². The largest absolute Gasteiger partial charge is 0.370 e. The molecule has 8 heteroatoms. The monoisotopic (exact) mass is 466 g/mol. The van der Waals surface area contributed by atoms with Gasteiger partial charge in [-0.15, -0.1) is 24.0 Å². The van der Waals surface area contributed by atoms with Crippen molar-refractivity contribution < 1.29 is 8.42 Å². The van der Waals surface area contributed by atoms with Gasteiger partial charge in [-0.25, -0.2) is 18.1 Å². The lowest BCUT2D eigenvalue weighted by atomic mass is 10.1. The number of likely N-dealkylation sites (tertiary alicyclic amines) is 1. The van der Waals surface area contributed by atoms with Gasteiger partial charge in [0, 0.05) is 13.1 Å². The molecule has 0 atom stereocenters. The highest BCUT2D eigenvalue weighted by Crippen LogP contribution is 2.11. The molecule has 24 heavy (non-hydrogen) atoms. The predicted octanol–water partition coefficient (Wildman–Crippen LogP) is 2.04. The van der Waals surface area contributed by atoms with Gasteiger partial charge in [-0.05, 0) is 31.0 Å². The summed E-state index contributed by atoms with van der Waals surface area (Å²) in [6, 6.07) is 7.45. The Kier molecular flexibility index (Phi) is 8.99. The Labute approximate surface area is 162 Å². The van der Waals surface area contributed by atoms with Gasteiger partial charge in [-0.3, -0.25) is 0 Å². The molecule has 6 nitrogen and oxygen atoms in total. The van der Waals surface area contributed by atoms with E-state index in [1.54, 1.807) is 0 Å². The molecule has 0 amide bonds. The Hall–Kier alpha value is -0.870. The summed E-state index contributed by atoms with van der Waals surface area (Å²) in [4.78, 5) is 6.62. The molecule has 2 rings (SSSR count). The maximum atomic E-state index is 11.5. The highest BCUT2D eigenvalue weighted by Gasteiger charge is 2.11. The van der Waals surface area contributed by atoms with Gasteiger partial charge in [-0.1, -0.05) is 37.1 Å². The molecule has 136 valence electrons. The van der Waals surface area contributed by atoms with Crippen molar-refractivity contribution in [2.24, 2.45) is 10.7 Å². The minimum Gasteiger partial charge on any atom is -0.370 e. The van der Waals surface area contributed by atoms with Crippen LogP contribution in [0.1, 0.15) is 36.8 Å². The maximum absolute atomic E-state index is 11.5. The minimum absolute atomic E-state index is 0. The van der Waals surface area contributed by atoms with E-state index in [4.69, 9.17) is 5.73 Å². The molecule has 0 aliphatic carbocycles. The van der Waals surface area contributed by atoms with Gasteiger partial charge in [0.05, 0.1) is 12.3 Å². The number of guanidine groups is 1. The van der Waals surface area contributed by atoms with Crippen LogP contribution in [-0.2, 0) is 22.3 Å². The van der Waals surface area contributed by atoms with Crippen LogP contribution in [0.15, 0.2) is 29.3 Å². The first kappa shape index (κ1) is 21.2. The third-order valence-corrected chi connectivity index (χ3v) is 5.38. The van der Waals surface area contributed by atoms with Crippen LogP contribution in [0.5, 0.6) is 0 Å². The summed E-state index contributed by atoms with van der Waals surface area (Å²) in [6.07, 6.45) is 4.87. The molecule has 0 radical (unpaired) electrons. The Morgan fingerprint density at radius 2 is 1.67 bits per heavy atom. The number of hydrogen-bond acceptors (Lipinski definition) is 3. The smallest absolute Gasteiger partial charge is 0.215 e. The van der Waals surface area contributed by atoms with Crippen LogP contribution in [0, 0.1) is 0 Å². The number of sulfonamides is 1. The van der Waals surface area contributed by atoms with Gasteiger partial charge in [0.1, 0.15) is 0 Å². The molecular weight excluding hydrogens is 439 g/mol. The number of benzene rings is 1. The molecule has 3 N–H and O–H groups in total. The van der Waals surface area contributed by atoms with Crippen LogP contribution < -0.4 is 10.5 Å². The summed E-state index contributed by atoms with van der Waals surface area (Å²) in [7, 11) is -1.81. The molecule has 0 aromatic heterocycles. The van der Waals surface area contributed by atoms with Gasteiger partial charge in [0.15, 0.2) is 5.96 Å². The summed E-state index contributed by atoms with van der Waals surface area (Å²) in [5.41, 5.74) is 7.86. The SMILES string of the molecule is CNS(=O)(=O)Cc1ccc(CN=C(N)N2CCCCCC2)cc1.I.